The highest BCUT2D eigenvalue weighted by Crippen LogP contribution is 2.23. The molecule has 1 atom stereocenters. The molecule has 1 unspecified atom stereocenters. The molecule has 0 spiro atoms. The van der Waals surface area contributed by atoms with Crippen molar-refractivity contribution in [2.45, 2.75) is 39.3 Å². The molecule has 0 bridgehead atoms. The third-order valence-corrected chi connectivity index (χ3v) is 3.43. The number of aliphatic hydroxyl groups excluding tert-OH is 1. The summed E-state index contributed by atoms with van der Waals surface area (Å²) in [6.45, 7) is 6.51. The van der Waals surface area contributed by atoms with E-state index in [1.54, 1.807) is 11.3 Å². The van der Waals surface area contributed by atoms with Crippen molar-refractivity contribution in [3.8, 4) is 0 Å². The second-order valence-electron chi connectivity index (χ2n) is 3.71. The van der Waals surface area contributed by atoms with Gasteiger partial charge >= 0.3 is 0 Å². The molecular formula is C11H19NOS. The number of aryl methyl sites for hydroxylation is 1. The molecule has 1 aromatic rings. The minimum Gasteiger partial charge on any atom is -0.394 e. The van der Waals surface area contributed by atoms with E-state index in [0.717, 1.165) is 6.42 Å². The summed E-state index contributed by atoms with van der Waals surface area (Å²) in [6.07, 6.45) is 1.07. The van der Waals surface area contributed by atoms with Crippen LogP contribution in [0.2, 0.25) is 0 Å². The zero-order valence-electron chi connectivity index (χ0n) is 9.08. The van der Waals surface area contributed by atoms with Crippen molar-refractivity contribution >= 4 is 11.3 Å². The van der Waals surface area contributed by atoms with Gasteiger partial charge in [-0.1, -0.05) is 20.8 Å². The first-order valence-electron chi connectivity index (χ1n) is 5.12. The number of hydrogen-bond acceptors (Lipinski definition) is 3. The van der Waals surface area contributed by atoms with Gasteiger partial charge in [-0.3, -0.25) is 0 Å². The summed E-state index contributed by atoms with van der Waals surface area (Å²) in [5.74, 6) is 0. The molecule has 1 heterocycles. The first-order chi connectivity index (χ1) is 6.67. The molecule has 0 aliphatic heterocycles. The first-order valence-corrected chi connectivity index (χ1v) is 5.94. The Bertz CT molecular complexity index is 270. The van der Waals surface area contributed by atoms with Crippen LogP contribution in [0, 0.1) is 0 Å². The van der Waals surface area contributed by atoms with Crippen molar-refractivity contribution < 1.29 is 5.11 Å². The molecule has 0 aliphatic rings. The maximum absolute atomic E-state index is 9.25. The van der Waals surface area contributed by atoms with Crippen LogP contribution in [0.1, 0.15) is 36.6 Å². The molecule has 80 valence electrons. The summed E-state index contributed by atoms with van der Waals surface area (Å²) < 4.78 is 0. The van der Waals surface area contributed by atoms with E-state index in [9.17, 15) is 5.11 Å². The van der Waals surface area contributed by atoms with Crippen LogP contribution in [0.25, 0.3) is 0 Å². The Morgan fingerprint density at radius 2 is 2.14 bits per heavy atom. The molecule has 0 fully saturated rings. The number of nitrogens with one attached hydrogen (secondary N) is 1. The van der Waals surface area contributed by atoms with E-state index in [-0.39, 0.29) is 12.6 Å². The minimum absolute atomic E-state index is 0.0975. The quantitative estimate of drug-likeness (QED) is 0.787. The highest BCUT2D eigenvalue weighted by atomic mass is 32.1. The number of hydrogen-bond donors (Lipinski definition) is 2. The topological polar surface area (TPSA) is 32.3 Å². The average molecular weight is 213 g/mol. The number of rotatable bonds is 5. The molecule has 1 aromatic heterocycles. The average Bonchev–Trinajstić information content (AvgIpc) is 2.62. The van der Waals surface area contributed by atoms with Crippen LogP contribution in [-0.4, -0.2) is 17.8 Å². The van der Waals surface area contributed by atoms with Crippen LogP contribution in [0.5, 0.6) is 0 Å². The maximum Gasteiger partial charge on any atom is 0.0651 e. The predicted octanol–water partition coefficient (Wildman–Crippen LogP) is 2.34. The van der Waals surface area contributed by atoms with Crippen LogP contribution in [-0.2, 0) is 6.42 Å². The lowest BCUT2D eigenvalue weighted by atomic mass is 10.2. The van der Waals surface area contributed by atoms with Gasteiger partial charge in [0.15, 0.2) is 0 Å². The van der Waals surface area contributed by atoms with Crippen molar-refractivity contribution in [3.05, 3.63) is 21.9 Å². The highest BCUT2D eigenvalue weighted by Gasteiger charge is 2.12. The molecule has 0 saturated carbocycles. The summed E-state index contributed by atoms with van der Waals surface area (Å²) in [5.41, 5.74) is 0. The lowest BCUT2D eigenvalue weighted by Gasteiger charge is -2.17. The lowest BCUT2D eigenvalue weighted by Crippen LogP contribution is -2.29. The van der Waals surface area contributed by atoms with E-state index in [0.29, 0.717) is 6.04 Å². The minimum atomic E-state index is 0.0975. The van der Waals surface area contributed by atoms with Crippen LogP contribution in [0.4, 0.5) is 0 Å². The van der Waals surface area contributed by atoms with Crippen molar-refractivity contribution in [3.63, 3.8) is 0 Å². The second kappa shape index (κ2) is 5.49. The molecule has 0 radical (unpaired) electrons. The van der Waals surface area contributed by atoms with E-state index in [1.807, 2.05) is 0 Å². The van der Waals surface area contributed by atoms with Gasteiger partial charge in [0.25, 0.3) is 0 Å². The van der Waals surface area contributed by atoms with Crippen LogP contribution < -0.4 is 5.32 Å². The monoisotopic (exact) mass is 213 g/mol. The predicted molar refractivity (Wildman–Crippen MR) is 61.8 cm³/mol. The fourth-order valence-corrected chi connectivity index (χ4v) is 2.40. The zero-order valence-corrected chi connectivity index (χ0v) is 9.90. The van der Waals surface area contributed by atoms with Gasteiger partial charge in [-0.25, -0.2) is 0 Å². The summed E-state index contributed by atoms with van der Waals surface area (Å²) in [5, 5.41) is 12.6. The molecule has 0 saturated heterocycles. The third kappa shape index (κ3) is 3.08. The Balaban J connectivity index is 2.68. The molecule has 1 rings (SSSR count). The van der Waals surface area contributed by atoms with Gasteiger partial charge in [0.1, 0.15) is 0 Å². The van der Waals surface area contributed by atoms with Crippen molar-refractivity contribution in [1.29, 1.82) is 0 Å². The van der Waals surface area contributed by atoms with E-state index in [4.69, 9.17) is 0 Å². The molecule has 0 aromatic carbocycles. The van der Waals surface area contributed by atoms with E-state index >= 15 is 0 Å². The summed E-state index contributed by atoms with van der Waals surface area (Å²) in [4.78, 5) is 2.61. The molecular weight excluding hydrogens is 194 g/mol. The van der Waals surface area contributed by atoms with Crippen LogP contribution in [0.15, 0.2) is 12.1 Å². The lowest BCUT2D eigenvalue weighted by molar-refractivity contribution is 0.239. The van der Waals surface area contributed by atoms with Gasteiger partial charge in [-0.05, 0) is 18.6 Å². The Morgan fingerprint density at radius 1 is 1.43 bits per heavy atom. The van der Waals surface area contributed by atoms with Crippen molar-refractivity contribution in [2.24, 2.45) is 0 Å². The summed E-state index contributed by atoms with van der Waals surface area (Å²) >= 11 is 1.79. The van der Waals surface area contributed by atoms with Crippen LogP contribution >= 0.6 is 11.3 Å². The largest absolute Gasteiger partial charge is 0.394 e. The third-order valence-electron chi connectivity index (χ3n) is 2.09. The second-order valence-corrected chi connectivity index (χ2v) is 4.91. The molecule has 3 heteroatoms. The van der Waals surface area contributed by atoms with Gasteiger partial charge in [-0.15, -0.1) is 11.3 Å². The zero-order chi connectivity index (χ0) is 10.6. The fraction of sp³-hybridized carbons (Fsp3) is 0.636. The Morgan fingerprint density at radius 3 is 2.57 bits per heavy atom. The van der Waals surface area contributed by atoms with E-state index in [2.05, 4.69) is 38.2 Å². The molecule has 2 N–H and O–H groups in total. The van der Waals surface area contributed by atoms with Crippen molar-refractivity contribution in [1.82, 2.24) is 5.32 Å². The van der Waals surface area contributed by atoms with Gasteiger partial charge < -0.3 is 10.4 Å². The summed E-state index contributed by atoms with van der Waals surface area (Å²) in [7, 11) is 0. The number of aliphatic hydroxyl groups is 1. The molecule has 14 heavy (non-hydrogen) atoms. The highest BCUT2D eigenvalue weighted by molar-refractivity contribution is 7.12. The smallest absolute Gasteiger partial charge is 0.0651 e. The standard InChI is InChI=1S/C11H19NOS/c1-4-9-5-6-11(14-9)10(7-13)12-8(2)3/h5-6,8,10,12-13H,4,7H2,1-3H3. The van der Waals surface area contributed by atoms with Crippen LogP contribution in [0.3, 0.4) is 0 Å². The maximum atomic E-state index is 9.25. The molecule has 0 aliphatic carbocycles. The van der Waals surface area contributed by atoms with E-state index in [1.165, 1.54) is 9.75 Å². The summed E-state index contributed by atoms with van der Waals surface area (Å²) in [6, 6.07) is 4.75. The fourth-order valence-electron chi connectivity index (χ4n) is 1.40. The van der Waals surface area contributed by atoms with Gasteiger partial charge in [0, 0.05) is 15.8 Å². The van der Waals surface area contributed by atoms with Crippen molar-refractivity contribution in [2.75, 3.05) is 6.61 Å². The Kier molecular flexibility index (Phi) is 4.58. The Hall–Kier alpha value is -0.380. The normalized spacial score (nSPS) is 13.5. The molecule has 2 nitrogen and oxygen atoms in total. The van der Waals surface area contributed by atoms with Gasteiger partial charge in [0.05, 0.1) is 12.6 Å². The number of thiophene rings is 1. The first kappa shape index (κ1) is 11.7. The molecule has 0 amide bonds. The SMILES string of the molecule is CCc1ccc(C(CO)NC(C)C)s1. The van der Waals surface area contributed by atoms with Gasteiger partial charge in [-0.2, -0.15) is 0 Å². The Labute approximate surface area is 90.0 Å². The van der Waals surface area contributed by atoms with E-state index < -0.39 is 0 Å². The van der Waals surface area contributed by atoms with Gasteiger partial charge in [0.2, 0.25) is 0 Å².